The molecule has 2 aromatic rings. The van der Waals surface area contributed by atoms with Crippen LogP contribution in [0, 0.1) is 0 Å². The van der Waals surface area contributed by atoms with E-state index in [4.69, 9.17) is 10.5 Å². The van der Waals surface area contributed by atoms with Crippen LogP contribution in [0.2, 0.25) is 0 Å². The van der Waals surface area contributed by atoms with Crippen LogP contribution in [0.1, 0.15) is 5.69 Å². The molecule has 2 rings (SSSR count). The molecule has 0 atom stereocenters. The Kier molecular flexibility index (Phi) is 2.90. The van der Waals surface area contributed by atoms with Crippen LogP contribution < -0.4 is 10.5 Å². The molecule has 2 heterocycles. The highest BCUT2D eigenvalue weighted by Gasteiger charge is 1.98. The molecule has 0 aliphatic carbocycles. The number of ether oxygens (including phenoxy) is 1. The topological polar surface area (TPSA) is 61.0 Å². The molecule has 2 aromatic heterocycles. The molecule has 0 fully saturated rings. The van der Waals surface area contributed by atoms with E-state index in [0.717, 1.165) is 11.4 Å². The highest BCUT2D eigenvalue weighted by atomic mass is 16.5. The Hall–Kier alpha value is -1.94. The van der Waals surface area contributed by atoms with Gasteiger partial charge in [0.05, 0.1) is 11.9 Å². The predicted molar refractivity (Wildman–Crippen MR) is 56.4 cm³/mol. The second kappa shape index (κ2) is 4.52. The fraction of sp³-hybridized carbons (Fsp3) is 0.0909. The summed E-state index contributed by atoms with van der Waals surface area (Å²) < 4.78 is 5.56. The smallest absolute Gasteiger partial charge is 0.145 e. The van der Waals surface area contributed by atoms with Gasteiger partial charge in [-0.1, -0.05) is 0 Å². The molecular weight excluding hydrogens is 190 g/mol. The molecule has 0 aliphatic heterocycles. The van der Waals surface area contributed by atoms with Gasteiger partial charge in [-0.15, -0.1) is 0 Å². The van der Waals surface area contributed by atoms with E-state index in [1.807, 2.05) is 18.2 Å². The molecule has 0 spiro atoms. The summed E-state index contributed by atoms with van der Waals surface area (Å²) in [6.07, 6.45) is 5.03. The SMILES string of the molecule is NCc1cc(Oc2cccnc2)ccn1. The van der Waals surface area contributed by atoms with Gasteiger partial charge < -0.3 is 10.5 Å². The van der Waals surface area contributed by atoms with Gasteiger partial charge in [-0.3, -0.25) is 9.97 Å². The van der Waals surface area contributed by atoms with Gasteiger partial charge in [0.2, 0.25) is 0 Å². The monoisotopic (exact) mass is 201 g/mol. The molecule has 4 nitrogen and oxygen atoms in total. The summed E-state index contributed by atoms with van der Waals surface area (Å²) in [6.45, 7) is 0.407. The average Bonchev–Trinajstić information content (AvgIpc) is 2.31. The lowest BCUT2D eigenvalue weighted by Gasteiger charge is -2.05. The van der Waals surface area contributed by atoms with Crippen molar-refractivity contribution in [3.05, 3.63) is 48.5 Å². The molecule has 0 unspecified atom stereocenters. The lowest BCUT2D eigenvalue weighted by molar-refractivity contribution is 0.478. The summed E-state index contributed by atoms with van der Waals surface area (Å²) >= 11 is 0. The van der Waals surface area contributed by atoms with E-state index in [1.165, 1.54) is 0 Å². The largest absolute Gasteiger partial charge is 0.456 e. The summed E-state index contributed by atoms with van der Waals surface area (Å²) in [5.41, 5.74) is 6.28. The fourth-order valence-electron chi connectivity index (χ4n) is 1.17. The maximum Gasteiger partial charge on any atom is 0.145 e. The molecule has 0 amide bonds. The van der Waals surface area contributed by atoms with E-state index in [1.54, 1.807) is 24.7 Å². The summed E-state index contributed by atoms with van der Waals surface area (Å²) in [5, 5.41) is 0. The fourth-order valence-corrected chi connectivity index (χ4v) is 1.17. The third-order valence-corrected chi connectivity index (χ3v) is 1.87. The Morgan fingerprint density at radius 1 is 1.20 bits per heavy atom. The Morgan fingerprint density at radius 3 is 2.87 bits per heavy atom. The van der Waals surface area contributed by atoms with Gasteiger partial charge in [0, 0.05) is 25.0 Å². The van der Waals surface area contributed by atoms with E-state index in [0.29, 0.717) is 12.3 Å². The Morgan fingerprint density at radius 2 is 2.13 bits per heavy atom. The van der Waals surface area contributed by atoms with Crippen LogP contribution in [0.3, 0.4) is 0 Å². The molecule has 15 heavy (non-hydrogen) atoms. The zero-order chi connectivity index (χ0) is 10.5. The van der Waals surface area contributed by atoms with Crippen molar-refractivity contribution >= 4 is 0 Å². The zero-order valence-electron chi connectivity index (χ0n) is 8.13. The van der Waals surface area contributed by atoms with Crippen molar-refractivity contribution in [1.29, 1.82) is 0 Å². The average molecular weight is 201 g/mol. The van der Waals surface area contributed by atoms with Crippen LogP contribution in [0.15, 0.2) is 42.9 Å². The number of pyridine rings is 2. The third-order valence-electron chi connectivity index (χ3n) is 1.87. The van der Waals surface area contributed by atoms with Crippen LogP contribution in [-0.4, -0.2) is 9.97 Å². The number of nitrogens with two attached hydrogens (primary N) is 1. The summed E-state index contributed by atoms with van der Waals surface area (Å²) in [7, 11) is 0. The van der Waals surface area contributed by atoms with Crippen molar-refractivity contribution in [2.24, 2.45) is 5.73 Å². The molecule has 0 saturated carbocycles. The molecule has 2 N–H and O–H groups in total. The molecular formula is C11H11N3O. The molecule has 0 aliphatic rings. The highest BCUT2D eigenvalue weighted by molar-refractivity contribution is 5.29. The van der Waals surface area contributed by atoms with Crippen molar-refractivity contribution in [2.45, 2.75) is 6.54 Å². The molecule has 0 aromatic carbocycles. The Labute approximate surface area is 87.7 Å². The van der Waals surface area contributed by atoms with Crippen molar-refractivity contribution in [3.8, 4) is 11.5 Å². The van der Waals surface area contributed by atoms with Gasteiger partial charge >= 0.3 is 0 Å². The van der Waals surface area contributed by atoms with E-state index >= 15 is 0 Å². The lowest BCUT2D eigenvalue weighted by atomic mass is 10.3. The highest BCUT2D eigenvalue weighted by Crippen LogP contribution is 2.19. The standard InChI is InChI=1S/C11H11N3O/c12-7-9-6-10(3-5-14-9)15-11-2-1-4-13-8-11/h1-6,8H,7,12H2. The third kappa shape index (κ3) is 2.51. The van der Waals surface area contributed by atoms with Gasteiger partial charge in [-0.05, 0) is 18.2 Å². The van der Waals surface area contributed by atoms with Crippen molar-refractivity contribution < 1.29 is 4.74 Å². The van der Waals surface area contributed by atoms with Crippen LogP contribution in [-0.2, 0) is 6.54 Å². The van der Waals surface area contributed by atoms with Gasteiger partial charge in [0.1, 0.15) is 11.5 Å². The number of nitrogens with zero attached hydrogens (tertiary/aromatic N) is 2. The maximum atomic E-state index is 5.56. The maximum absolute atomic E-state index is 5.56. The minimum absolute atomic E-state index is 0.407. The number of aromatic nitrogens is 2. The summed E-state index contributed by atoms with van der Waals surface area (Å²) in [6, 6.07) is 7.26. The van der Waals surface area contributed by atoms with E-state index in [2.05, 4.69) is 9.97 Å². The van der Waals surface area contributed by atoms with Crippen molar-refractivity contribution in [1.82, 2.24) is 9.97 Å². The quantitative estimate of drug-likeness (QED) is 0.821. The van der Waals surface area contributed by atoms with Crippen LogP contribution >= 0.6 is 0 Å². The normalized spacial score (nSPS) is 9.93. The second-order valence-electron chi connectivity index (χ2n) is 2.98. The van der Waals surface area contributed by atoms with Gasteiger partial charge in [0.25, 0.3) is 0 Å². The number of hydrogen-bond acceptors (Lipinski definition) is 4. The summed E-state index contributed by atoms with van der Waals surface area (Å²) in [5.74, 6) is 1.42. The number of hydrogen-bond donors (Lipinski definition) is 1. The first-order chi connectivity index (χ1) is 7.38. The lowest BCUT2D eigenvalue weighted by Crippen LogP contribution is -1.99. The van der Waals surface area contributed by atoms with E-state index < -0.39 is 0 Å². The minimum atomic E-state index is 0.407. The molecule has 0 saturated heterocycles. The first-order valence-corrected chi connectivity index (χ1v) is 4.61. The minimum Gasteiger partial charge on any atom is -0.456 e. The zero-order valence-corrected chi connectivity index (χ0v) is 8.13. The van der Waals surface area contributed by atoms with Crippen LogP contribution in [0.4, 0.5) is 0 Å². The molecule has 0 radical (unpaired) electrons. The van der Waals surface area contributed by atoms with Crippen LogP contribution in [0.5, 0.6) is 11.5 Å². The number of rotatable bonds is 3. The van der Waals surface area contributed by atoms with Gasteiger partial charge in [-0.2, -0.15) is 0 Å². The molecule has 0 bridgehead atoms. The molecule has 4 heteroatoms. The van der Waals surface area contributed by atoms with Gasteiger partial charge in [0.15, 0.2) is 0 Å². The second-order valence-corrected chi connectivity index (χ2v) is 2.98. The van der Waals surface area contributed by atoms with Crippen LogP contribution in [0.25, 0.3) is 0 Å². The first kappa shape index (κ1) is 9.61. The Balaban J connectivity index is 2.17. The van der Waals surface area contributed by atoms with Crippen molar-refractivity contribution in [3.63, 3.8) is 0 Å². The first-order valence-electron chi connectivity index (χ1n) is 4.61. The van der Waals surface area contributed by atoms with E-state index in [9.17, 15) is 0 Å². The van der Waals surface area contributed by atoms with Crippen molar-refractivity contribution in [2.75, 3.05) is 0 Å². The molecule has 76 valence electrons. The summed E-state index contributed by atoms with van der Waals surface area (Å²) in [4.78, 5) is 8.04. The predicted octanol–water partition coefficient (Wildman–Crippen LogP) is 1.73. The van der Waals surface area contributed by atoms with E-state index in [-0.39, 0.29) is 0 Å². The Bertz CT molecular complexity index is 431. The van der Waals surface area contributed by atoms with Gasteiger partial charge in [-0.25, -0.2) is 0 Å².